The molecule has 0 spiro atoms. The summed E-state index contributed by atoms with van der Waals surface area (Å²) in [5, 5.41) is 15.6. The summed E-state index contributed by atoms with van der Waals surface area (Å²) in [5.74, 6) is 2.30. The van der Waals surface area contributed by atoms with Crippen LogP contribution in [0.4, 0.5) is 0 Å². The Morgan fingerprint density at radius 1 is 0.700 bits per heavy atom. The summed E-state index contributed by atoms with van der Waals surface area (Å²) in [6, 6.07) is 0. The number of hydrogen-bond donors (Lipinski definition) is 1. The smallest absolute Gasteiger partial charge is 0.316 e. The molecule has 0 fully saturated rings. The van der Waals surface area contributed by atoms with Crippen LogP contribution in [0.5, 0.6) is 0 Å². The van der Waals surface area contributed by atoms with Gasteiger partial charge in [0.05, 0.1) is 18.3 Å². The molecule has 0 rings (SSSR count). The largest absolute Gasteiger partial charge is 0.454 e. The van der Waals surface area contributed by atoms with E-state index in [9.17, 15) is 4.79 Å². The van der Waals surface area contributed by atoms with Crippen molar-refractivity contribution in [1.29, 1.82) is 0 Å². The van der Waals surface area contributed by atoms with E-state index in [1.165, 1.54) is 11.8 Å². The highest BCUT2D eigenvalue weighted by Gasteiger charge is 2.03. The highest BCUT2D eigenvalue weighted by atomic mass is 32.3. The maximum atomic E-state index is 11.6. The van der Waals surface area contributed by atoms with Crippen LogP contribution >= 0.6 is 118 Å². The highest BCUT2D eigenvalue weighted by Crippen LogP contribution is 2.22. The fourth-order valence-electron chi connectivity index (χ4n) is 1.23. The van der Waals surface area contributed by atoms with Crippen molar-refractivity contribution >= 4 is 124 Å². The quantitative estimate of drug-likeness (QED) is 0.0431. The third-order valence-electron chi connectivity index (χ3n) is 2.34. The van der Waals surface area contributed by atoms with E-state index in [2.05, 4.69) is 6.26 Å². The molecule has 5 nitrogen and oxygen atoms in total. The topological polar surface area (TPSA) is 65.0 Å². The van der Waals surface area contributed by atoms with E-state index in [-0.39, 0.29) is 11.9 Å². The Kier molecular flexibility index (Phi) is 32.7. The first-order valence-corrected chi connectivity index (χ1v) is 20.3. The average Bonchev–Trinajstić information content (AvgIpc) is 2.75. The molecular formula is C15H30O5S10. The fraction of sp³-hybridized carbons (Fsp3) is 0.933. The highest BCUT2D eigenvalue weighted by molar-refractivity contribution is 8.26. The summed E-state index contributed by atoms with van der Waals surface area (Å²) >= 11 is 17.5. The lowest BCUT2D eigenvalue weighted by atomic mass is 10.8. The van der Waals surface area contributed by atoms with Gasteiger partial charge in [-0.05, 0) is 6.26 Å². The molecule has 0 aliphatic rings. The molecule has 0 aliphatic carbocycles. The molecule has 0 heterocycles. The van der Waals surface area contributed by atoms with E-state index in [0.29, 0.717) is 24.2 Å². The van der Waals surface area contributed by atoms with Crippen molar-refractivity contribution in [3.05, 3.63) is 0 Å². The number of aliphatic hydroxyl groups excluding tert-OH is 1. The Balaban J connectivity index is 3.12. The third-order valence-corrected chi connectivity index (χ3v) is 13.6. The second-order valence-electron chi connectivity index (χ2n) is 4.62. The molecule has 0 unspecified atom stereocenters. The Labute approximate surface area is 223 Å². The molecule has 15 heteroatoms. The molecule has 0 aliphatic heterocycles. The number of rotatable bonds is 25. The second-order valence-corrected chi connectivity index (χ2v) is 16.9. The van der Waals surface area contributed by atoms with Crippen molar-refractivity contribution in [3.63, 3.8) is 0 Å². The first-order chi connectivity index (χ1) is 14.8. The van der Waals surface area contributed by atoms with Gasteiger partial charge >= 0.3 is 5.97 Å². The molecule has 1 N–H and O–H groups in total. The zero-order chi connectivity index (χ0) is 22.0. The van der Waals surface area contributed by atoms with E-state index < -0.39 is 0 Å². The average molecular weight is 611 g/mol. The number of hydrogen-bond acceptors (Lipinski definition) is 15. The molecule has 0 saturated carbocycles. The lowest BCUT2D eigenvalue weighted by Gasteiger charge is -2.05. The maximum absolute atomic E-state index is 11.6. The van der Waals surface area contributed by atoms with E-state index in [0.717, 1.165) is 41.3 Å². The van der Waals surface area contributed by atoms with Gasteiger partial charge in [0.15, 0.2) is 0 Å². The molecule has 0 radical (unpaired) electrons. The fourth-order valence-corrected chi connectivity index (χ4v) is 10.7. The molecule has 0 saturated heterocycles. The van der Waals surface area contributed by atoms with Gasteiger partial charge in [0.1, 0.15) is 11.9 Å². The number of esters is 1. The monoisotopic (exact) mass is 610 g/mol. The number of aliphatic hydroxyl groups is 1. The van der Waals surface area contributed by atoms with Crippen LogP contribution in [0, 0.1) is 0 Å². The lowest BCUT2D eigenvalue weighted by Crippen LogP contribution is -2.07. The number of ether oxygens (including phenoxy) is 1. The van der Waals surface area contributed by atoms with Crippen LogP contribution in [0.3, 0.4) is 0 Å². The molecule has 0 aromatic heterocycles. The standard InChI is InChI=1S/C15H30O5S10/c1-21-8-27-13-30-12-25-6-18-15(17)4-23-10-29-14-28-9-22-3-2-19-20-7-26-11-24-5-16/h16H,2-14H2,1H3. The van der Waals surface area contributed by atoms with E-state index >= 15 is 0 Å². The molecule has 180 valence electrons. The summed E-state index contributed by atoms with van der Waals surface area (Å²) in [6.07, 6.45) is 2.11. The predicted octanol–water partition coefficient (Wildman–Crippen LogP) is 6.01. The SMILES string of the molecule is CSCSCSCSCOC(=O)CSCSCSCSCCOOCSCSCO. The van der Waals surface area contributed by atoms with Crippen molar-refractivity contribution < 1.29 is 24.4 Å². The first kappa shape index (κ1) is 32.8. The van der Waals surface area contributed by atoms with Gasteiger partial charge < -0.3 is 9.84 Å². The van der Waals surface area contributed by atoms with Gasteiger partial charge in [-0.1, -0.05) is 0 Å². The van der Waals surface area contributed by atoms with Gasteiger partial charge in [-0.25, -0.2) is 9.78 Å². The normalized spacial score (nSPS) is 11.1. The first-order valence-electron chi connectivity index (χ1n) is 8.50. The van der Waals surface area contributed by atoms with Crippen molar-refractivity contribution in [1.82, 2.24) is 0 Å². The minimum atomic E-state index is -0.120. The summed E-state index contributed by atoms with van der Waals surface area (Å²) < 4.78 is 5.22. The summed E-state index contributed by atoms with van der Waals surface area (Å²) in [5.41, 5.74) is 0. The minimum Gasteiger partial charge on any atom is -0.454 e. The van der Waals surface area contributed by atoms with Gasteiger partial charge in [0.2, 0.25) is 0 Å². The lowest BCUT2D eigenvalue weighted by molar-refractivity contribution is -0.274. The van der Waals surface area contributed by atoms with Crippen molar-refractivity contribution in [3.8, 4) is 0 Å². The summed E-state index contributed by atoms with van der Waals surface area (Å²) in [4.78, 5) is 21.7. The molecule has 0 amide bonds. The van der Waals surface area contributed by atoms with Gasteiger partial charge in [-0.15, -0.1) is 106 Å². The number of thioether (sulfide) groups is 10. The molecule has 30 heavy (non-hydrogen) atoms. The van der Waals surface area contributed by atoms with Crippen LogP contribution < -0.4 is 0 Å². The summed E-state index contributed by atoms with van der Waals surface area (Å²) in [6.45, 7) is 0.581. The van der Waals surface area contributed by atoms with Crippen molar-refractivity contribution in [2.75, 3.05) is 77.8 Å². The van der Waals surface area contributed by atoms with Crippen LogP contribution in [-0.4, -0.2) is 88.9 Å². The van der Waals surface area contributed by atoms with Crippen molar-refractivity contribution in [2.45, 2.75) is 0 Å². The maximum Gasteiger partial charge on any atom is 0.316 e. The Bertz CT molecular complexity index is 360. The van der Waals surface area contributed by atoms with Crippen LogP contribution in [0.2, 0.25) is 0 Å². The third kappa shape index (κ3) is 28.9. The van der Waals surface area contributed by atoms with Crippen LogP contribution in [0.15, 0.2) is 0 Å². The minimum absolute atomic E-state index is 0.120. The van der Waals surface area contributed by atoms with Crippen LogP contribution in [-0.2, 0) is 19.3 Å². The van der Waals surface area contributed by atoms with Gasteiger partial charge in [0.25, 0.3) is 0 Å². The Morgan fingerprint density at radius 3 is 2.03 bits per heavy atom. The van der Waals surface area contributed by atoms with Gasteiger partial charge in [0, 0.05) is 41.3 Å². The number of carbonyl (C=O) groups is 1. The van der Waals surface area contributed by atoms with Crippen molar-refractivity contribution in [2.24, 2.45) is 0 Å². The number of carbonyl (C=O) groups excluding carboxylic acids is 1. The molecule has 0 atom stereocenters. The molecular weight excluding hydrogens is 581 g/mol. The van der Waals surface area contributed by atoms with Gasteiger partial charge in [-0.3, -0.25) is 4.79 Å². The van der Waals surface area contributed by atoms with Gasteiger partial charge in [-0.2, -0.15) is 11.8 Å². The Morgan fingerprint density at radius 2 is 1.30 bits per heavy atom. The zero-order valence-electron chi connectivity index (χ0n) is 16.9. The molecule has 0 bridgehead atoms. The molecule has 0 aromatic rings. The zero-order valence-corrected chi connectivity index (χ0v) is 25.0. The summed E-state index contributed by atoms with van der Waals surface area (Å²) in [7, 11) is 0. The predicted molar refractivity (Wildman–Crippen MR) is 156 cm³/mol. The van der Waals surface area contributed by atoms with Crippen LogP contribution in [0.1, 0.15) is 0 Å². The van der Waals surface area contributed by atoms with E-state index in [1.54, 1.807) is 35.3 Å². The van der Waals surface area contributed by atoms with E-state index in [1.807, 2.05) is 70.6 Å². The van der Waals surface area contributed by atoms with Crippen LogP contribution in [0.25, 0.3) is 0 Å². The van der Waals surface area contributed by atoms with E-state index in [4.69, 9.17) is 19.6 Å². The second kappa shape index (κ2) is 29.9. The Hall–Kier alpha value is 2.85. The molecule has 0 aromatic carbocycles.